The molecule has 6 heteroatoms. The number of fused-ring (bicyclic) bond motifs is 2. The van der Waals surface area contributed by atoms with Gasteiger partial charge in [-0.05, 0) is 34.9 Å². The van der Waals surface area contributed by atoms with E-state index in [0.717, 1.165) is 16.3 Å². The molecule has 6 nitrogen and oxygen atoms in total. The molecule has 1 unspecified atom stereocenters. The Morgan fingerprint density at radius 1 is 1.06 bits per heavy atom. The second-order valence-corrected chi connectivity index (χ2v) is 8.05. The van der Waals surface area contributed by atoms with Crippen LogP contribution in [0.4, 0.5) is 0 Å². The van der Waals surface area contributed by atoms with Crippen molar-refractivity contribution in [1.82, 2.24) is 4.90 Å². The quantitative estimate of drug-likeness (QED) is 0.395. The van der Waals surface area contributed by atoms with Gasteiger partial charge in [0, 0.05) is 11.9 Å². The number of furan rings is 1. The summed E-state index contributed by atoms with van der Waals surface area (Å²) >= 11 is 0. The van der Waals surface area contributed by atoms with E-state index >= 15 is 0 Å². The highest BCUT2D eigenvalue weighted by Crippen LogP contribution is 2.42. The zero-order chi connectivity index (χ0) is 23.1. The third-order valence-electron chi connectivity index (χ3n) is 6.08. The van der Waals surface area contributed by atoms with Crippen LogP contribution in [-0.4, -0.2) is 35.4 Å². The molecule has 33 heavy (non-hydrogen) atoms. The van der Waals surface area contributed by atoms with Crippen LogP contribution in [-0.2, 0) is 4.79 Å². The molecule has 0 bridgehead atoms. The van der Waals surface area contributed by atoms with Gasteiger partial charge < -0.3 is 19.2 Å². The number of carbonyl (C=O) groups excluding carboxylic acids is 2. The van der Waals surface area contributed by atoms with Gasteiger partial charge in [-0.15, -0.1) is 0 Å². The molecule has 0 radical (unpaired) electrons. The van der Waals surface area contributed by atoms with Crippen LogP contribution in [0.5, 0.6) is 5.75 Å². The number of aliphatic hydroxyl groups excluding tert-OH is 1. The van der Waals surface area contributed by atoms with E-state index in [9.17, 15) is 14.7 Å². The number of para-hydroxylation sites is 1. The molecule has 0 spiro atoms. The molecule has 1 aromatic heterocycles. The van der Waals surface area contributed by atoms with Crippen molar-refractivity contribution < 1.29 is 23.8 Å². The standard InChI is InChI=1S/C27H23NO5/c1-3-14-28-23(19-12-6-9-16-8-4-5-11-18(16)19)22(25(30)27(28)31)24(29)21-15-17-10-7-13-20(32-2)26(17)33-21/h4-13,15,23,30H,3,14H2,1-2H3. The summed E-state index contributed by atoms with van der Waals surface area (Å²) in [6.45, 7) is 2.36. The molecule has 1 aliphatic heterocycles. The average molecular weight is 441 g/mol. The Bertz CT molecular complexity index is 1430. The van der Waals surface area contributed by atoms with Crippen LogP contribution >= 0.6 is 0 Å². The number of nitrogens with zero attached hydrogens (tertiary/aromatic N) is 1. The summed E-state index contributed by atoms with van der Waals surface area (Å²) in [6, 6.07) is 19.9. The summed E-state index contributed by atoms with van der Waals surface area (Å²) in [6.07, 6.45) is 0.684. The number of benzene rings is 3. The van der Waals surface area contributed by atoms with Crippen molar-refractivity contribution in [2.75, 3.05) is 13.7 Å². The summed E-state index contributed by atoms with van der Waals surface area (Å²) in [5.41, 5.74) is 1.26. The minimum absolute atomic E-state index is 0.0304. The van der Waals surface area contributed by atoms with Gasteiger partial charge in [-0.2, -0.15) is 0 Å². The van der Waals surface area contributed by atoms with Gasteiger partial charge in [0.15, 0.2) is 22.9 Å². The number of methoxy groups -OCH3 is 1. The number of ketones is 1. The predicted octanol–water partition coefficient (Wildman–Crippen LogP) is 5.58. The lowest BCUT2D eigenvalue weighted by Gasteiger charge is -2.27. The van der Waals surface area contributed by atoms with Gasteiger partial charge in [-0.25, -0.2) is 0 Å². The Labute approximate surface area is 190 Å². The molecule has 5 rings (SSSR count). The number of hydrogen-bond donors (Lipinski definition) is 1. The lowest BCUT2D eigenvalue weighted by atomic mass is 9.91. The second kappa shape index (κ2) is 8.13. The molecule has 0 saturated heterocycles. The van der Waals surface area contributed by atoms with Crippen LogP contribution in [0.25, 0.3) is 21.7 Å². The molecular weight excluding hydrogens is 418 g/mol. The first-order valence-electron chi connectivity index (χ1n) is 10.9. The molecule has 166 valence electrons. The third kappa shape index (κ3) is 3.26. The Balaban J connectivity index is 1.68. The summed E-state index contributed by atoms with van der Waals surface area (Å²) in [5.74, 6) is -1.04. The number of carbonyl (C=O) groups is 2. The number of aliphatic hydroxyl groups is 1. The van der Waals surface area contributed by atoms with E-state index in [-0.39, 0.29) is 11.3 Å². The smallest absolute Gasteiger partial charge is 0.290 e. The fourth-order valence-corrected chi connectivity index (χ4v) is 4.61. The van der Waals surface area contributed by atoms with E-state index in [1.54, 1.807) is 17.0 Å². The highest BCUT2D eigenvalue weighted by Gasteiger charge is 2.44. The molecule has 1 N–H and O–H groups in total. The highest BCUT2D eigenvalue weighted by atomic mass is 16.5. The summed E-state index contributed by atoms with van der Waals surface area (Å²) in [5, 5.41) is 13.5. The van der Waals surface area contributed by atoms with Crippen molar-refractivity contribution in [3.63, 3.8) is 0 Å². The number of ether oxygens (including phenoxy) is 1. The summed E-state index contributed by atoms with van der Waals surface area (Å²) in [4.78, 5) is 28.3. The predicted molar refractivity (Wildman–Crippen MR) is 125 cm³/mol. The van der Waals surface area contributed by atoms with E-state index in [2.05, 4.69) is 0 Å². The summed E-state index contributed by atoms with van der Waals surface area (Å²) in [7, 11) is 1.53. The van der Waals surface area contributed by atoms with Crippen LogP contribution in [0, 0.1) is 0 Å². The lowest BCUT2D eigenvalue weighted by Crippen LogP contribution is -2.32. The first kappa shape index (κ1) is 20.8. The number of Topliss-reactive ketones (excluding diaryl/α,β-unsaturated/α-hetero) is 1. The average Bonchev–Trinajstić information content (AvgIpc) is 3.38. The second-order valence-electron chi connectivity index (χ2n) is 8.05. The van der Waals surface area contributed by atoms with Crippen LogP contribution in [0.1, 0.15) is 35.5 Å². The van der Waals surface area contributed by atoms with Crippen molar-refractivity contribution in [3.05, 3.63) is 89.4 Å². The van der Waals surface area contributed by atoms with Gasteiger partial charge in [-0.3, -0.25) is 9.59 Å². The van der Waals surface area contributed by atoms with E-state index < -0.39 is 23.5 Å². The lowest BCUT2D eigenvalue weighted by molar-refractivity contribution is -0.129. The Hall–Kier alpha value is -4.06. The minimum atomic E-state index is -0.717. The van der Waals surface area contributed by atoms with Crippen molar-refractivity contribution in [2.45, 2.75) is 19.4 Å². The van der Waals surface area contributed by atoms with Crippen LogP contribution in [0.3, 0.4) is 0 Å². The van der Waals surface area contributed by atoms with Gasteiger partial charge in [-0.1, -0.05) is 61.5 Å². The first-order chi connectivity index (χ1) is 16.0. The maximum absolute atomic E-state index is 13.7. The molecule has 1 atom stereocenters. The number of hydrogen-bond acceptors (Lipinski definition) is 5. The van der Waals surface area contributed by atoms with Gasteiger partial charge in [0.1, 0.15) is 0 Å². The SMILES string of the molecule is CCCN1C(=O)C(O)=C(C(=O)c2cc3cccc(OC)c3o2)C1c1cccc2ccccc12. The topological polar surface area (TPSA) is 80.0 Å². The molecule has 0 aliphatic carbocycles. The van der Waals surface area contributed by atoms with Crippen LogP contribution < -0.4 is 4.74 Å². The minimum Gasteiger partial charge on any atom is -0.503 e. The largest absolute Gasteiger partial charge is 0.503 e. The van der Waals surface area contributed by atoms with Crippen molar-refractivity contribution in [1.29, 1.82) is 0 Å². The number of rotatable bonds is 6. The molecule has 1 amide bonds. The molecule has 3 aromatic carbocycles. The van der Waals surface area contributed by atoms with Gasteiger partial charge in [0.25, 0.3) is 5.91 Å². The first-order valence-corrected chi connectivity index (χ1v) is 10.9. The molecule has 0 saturated carbocycles. The van der Waals surface area contributed by atoms with Crippen LogP contribution in [0.2, 0.25) is 0 Å². The Morgan fingerprint density at radius 2 is 1.79 bits per heavy atom. The molecule has 2 heterocycles. The van der Waals surface area contributed by atoms with Gasteiger partial charge in [0.05, 0.1) is 18.7 Å². The number of amides is 1. The van der Waals surface area contributed by atoms with Crippen LogP contribution in [0.15, 0.2) is 82.5 Å². The zero-order valence-electron chi connectivity index (χ0n) is 18.4. The molecule has 4 aromatic rings. The summed E-state index contributed by atoms with van der Waals surface area (Å²) < 4.78 is 11.2. The molecule has 1 aliphatic rings. The van der Waals surface area contributed by atoms with E-state index in [1.807, 2.05) is 61.5 Å². The maximum atomic E-state index is 13.7. The fraction of sp³-hybridized carbons (Fsp3) is 0.185. The monoisotopic (exact) mass is 441 g/mol. The van der Waals surface area contributed by atoms with Crippen molar-refractivity contribution in [2.24, 2.45) is 0 Å². The van der Waals surface area contributed by atoms with E-state index in [0.29, 0.717) is 29.7 Å². The fourth-order valence-electron chi connectivity index (χ4n) is 4.61. The van der Waals surface area contributed by atoms with E-state index in [1.165, 1.54) is 7.11 Å². The molecule has 0 fully saturated rings. The van der Waals surface area contributed by atoms with E-state index in [4.69, 9.17) is 9.15 Å². The van der Waals surface area contributed by atoms with Crippen molar-refractivity contribution in [3.8, 4) is 5.75 Å². The zero-order valence-corrected chi connectivity index (χ0v) is 18.4. The Morgan fingerprint density at radius 3 is 2.58 bits per heavy atom. The normalized spacial score (nSPS) is 16.2. The molecular formula is C27H23NO5. The Kier molecular flexibility index (Phi) is 5.13. The van der Waals surface area contributed by atoms with Gasteiger partial charge in [0.2, 0.25) is 5.78 Å². The van der Waals surface area contributed by atoms with Gasteiger partial charge >= 0.3 is 0 Å². The maximum Gasteiger partial charge on any atom is 0.290 e. The highest BCUT2D eigenvalue weighted by molar-refractivity contribution is 6.16. The third-order valence-corrected chi connectivity index (χ3v) is 6.08. The van der Waals surface area contributed by atoms with Crippen molar-refractivity contribution >= 4 is 33.4 Å².